The molecule has 0 radical (unpaired) electrons. The van der Waals surface area contributed by atoms with E-state index in [4.69, 9.17) is 23.2 Å². The molecule has 0 spiro atoms. The number of hydrogen-bond acceptors (Lipinski definition) is 3. The van der Waals surface area contributed by atoms with Crippen LogP contribution < -0.4 is 5.43 Å². The average Bonchev–Trinajstić information content (AvgIpc) is 2.22. The monoisotopic (exact) mass is 294 g/mol. The van der Waals surface area contributed by atoms with E-state index in [1.165, 1.54) is 7.05 Å². The van der Waals surface area contributed by atoms with Gasteiger partial charge in [0.05, 0.1) is 10.0 Å². The maximum atomic E-state index is 12.2. The van der Waals surface area contributed by atoms with Gasteiger partial charge in [0.25, 0.3) is 10.0 Å². The highest BCUT2D eigenvalue weighted by Gasteiger charge is 2.35. The Bertz CT molecular complexity index is 586. The van der Waals surface area contributed by atoms with Crippen molar-refractivity contribution in [1.82, 2.24) is 9.84 Å². The topological polar surface area (TPSA) is 49.4 Å². The van der Waals surface area contributed by atoms with Gasteiger partial charge < -0.3 is 0 Å². The molecular weight excluding hydrogens is 283 g/mol. The van der Waals surface area contributed by atoms with E-state index in [-0.39, 0.29) is 21.0 Å². The van der Waals surface area contributed by atoms with E-state index in [1.54, 1.807) is 13.0 Å². The number of nitrogens with zero attached hydrogens (tertiary/aromatic N) is 1. The minimum Gasteiger partial charge on any atom is -0.234 e. The van der Waals surface area contributed by atoms with Gasteiger partial charge in [0.15, 0.2) is 0 Å². The summed E-state index contributed by atoms with van der Waals surface area (Å²) >= 11 is 12.1. The molecule has 1 unspecified atom stereocenters. The maximum absolute atomic E-state index is 12.2. The zero-order valence-corrected chi connectivity index (χ0v) is 11.9. The Hall–Kier alpha value is -0.330. The van der Waals surface area contributed by atoms with Crippen molar-refractivity contribution in [2.24, 2.45) is 0 Å². The summed E-state index contributed by atoms with van der Waals surface area (Å²) in [7, 11) is -2.17. The standard InChI is InChI=1S/C10H12Cl2N2O2S/c1-5-4-7-6(2)13-14(3)17(15,16)10(7)9(12)8(5)11/h4,6,13H,1-3H3. The van der Waals surface area contributed by atoms with Gasteiger partial charge in [-0.3, -0.25) is 0 Å². The molecule has 7 heteroatoms. The van der Waals surface area contributed by atoms with Crippen LogP contribution >= 0.6 is 23.2 Å². The van der Waals surface area contributed by atoms with Gasteiger partial charge in [-0.05, 0) is 25.0 Å². The van der Waals surface area contributed by atoms with Gasteiger partial charge in [-0.15, -0.1) is 4.41 Å². The molecule has 1 aliphatic heterocycles. The molecule has 0 saturated carbocycles. The molecule has 1 aromatic rings. The first-order chi connectivity index (χ1) is 7.76. The number of nitrogens with one attached hydrogen (secondary N) is 1. The third-order valence-electron chi connectivity index (χ3n) is 2.83. The first kappa shape index (κ1) is 13.1. The fraction of sp³-hybridized carbons (Fsp3) is 0.400. The van der Waals surface area contributed by atoms with Crippen molar-refractivity contribution in [3.8, 4) is 0 Å². The van der Waals surface area contributed by atoms with E-state index in [2.05, 4.69) is 5.43 Å². The highest BCUT2D eigenvalue weighted by atomic mass is 35.5. The highest BCUT2D eigenvalue weighted by molar-refractivity contribution is 7.89. The van der Waals surface area contributed by atoms with Crippen LogP contribution in [0.15, 0.2) is 11.0 Å². The first-order valence-electron chi connectivity index (χ1n) is 5.00. The van der Waals surface area contributed by atoms with Crippen LogP contribution in [0.2, 0.25) is 10.0 Å². The lowest BCUT2D eigenvalue weighted by molar-refractivity contribution is 0.308. The van der Waals surface area contributed by atoms with Crippen molar-refractivity contribution in [2.75, 3.05) is 7.05 Å². The van der Waals surface area contributed by atoms with Gasteiger partial charge in [0.2, 0.25) is 0 Å². The summed E-state index contributed by atoms with van der Waals surface area (Å²) in [6, 6.07) is 1.62. The largest absolute Gasteiger partial charge is 0.257 e. The summed E-state index contributed by atoms with van der Waals surface area (Å²) in [5.74, 6) is 0. The number of rotatable bonds is 0. The average molecular weight is 295 g/mol. The van der Waals surface area contributed by atoms with E-state index in [1.807, 2.05) is 6.92 Å². The molecule has 0 amide bonds. The second-order valence-electron chi connectivity index (χ2n) is 4.06. The number of hydrazine groups is 1. The maximum Gasteiger partial charge on any atom is 0.257 e. The van der Waals surface area contributed by atoms with Gasteiger partial charge in [0, 0.05) is 13.1 Å². The van der Waals surface area contributed by atoms with Crippen LogP contribution in [0.1, 0.15) is 24.1 Å². The SMILES string of the molecule is Cc1cc2c(c(Cl)c1Cl)S(=O)(=O)N(C)NC2C. The number of aryl methyl sites for hydroxylation is 1. The Morgan fingerprint density at radius 3 is 2.53 bits per heavy atom. The fourth-order valence-corrected chi connectivity index (χ4v) is 4.08. The predicted octanol–water partition coefficient (Wildman–Crippen LogP) is 2.50. The van der Waals surface area contributed by atoms with Crippen molar-refractivity contribution in [3.05, 3.63) is 27.2 Å². The number of sulfonamides is 1. The van der Waals surface area contributed by atoms with Crippen LogP contribution in [-0.2, 0) is 10.0 Å². The van der Waals surface area contributed by atoms with E-state index in [0.717, 1.165) is 9.98 Å². The molecular formula is C10H12Cl2N2O2S. The molecule has 0 fully saturated rings. The minimum atomic E-state index is -3.62. The van der Waals surface area contributed by atoms with Crippen LogP contribution in [0.3, 0.4) is 0 Å². The molecule has 0 aromatic heterocycles. The fourth-order valence-electron chi connectivity index (χ4n) is 1.89. The molecule has 0 aliphatic carbocycles. The number of fused-ring (bicyclic) bond motifs is 1. The summed E-state index contributed by atoms with van der Waals surface area (Å²) in [5.41, 5.74) is 4.26. The zero-order valence-electron chi connectivity index (χ0n) is 9.58. The molecule has 1 heterocycles. The Morgan fingerprint density at radius 1 is 1.35 bits per heavy atom. The summed E-state index contributed by atoms with van der Waals surface area (Å²) < 4.78 is 25.4. The highest BCUT2D eigenvalue weighted by Crippen LogP contribution is 2.40. The summed E-state index contributed by atoms with van der Waals surface area (Å²) in [5, 5.41) is 0.387. The Labute approximate surface area is 111 Å². The number of hydrogen-bond donors (Lipinski definition) is 1. The zero-order chi connectivity index (χ0) is 13.0. The van der Waals surface area contributed by atoms with Gasteiger partial charge in [0.1, 0.15) is 4.90 Å². The molecule has 1 atom stereocenters. The smallest absolute Gasteiger partial charge is 0.234 e. The summed E-state index contributed by atoms with van der Waals surface area (Å²) in [6.07, 6.45) is 0. The third-order valence-corrected chi connectivity index (χ3v) is 5.69. The molecule has 0 saturated heterocycles. The van der Waals surface area contributed by atoms with Gasteiger partial charge in [-0.1, -0.05) is 29.3 Å². The number of halogens is 2. The first-order valence-corrected chi connectivity index (χ1v) is 7.20. The van der Waals surface area contributed by atoms with Crippen LogP contribution in [0, 0.1) is 6.92 Å². The lowest BCUT2D eigenvalue weighted by Gasteiger charge is -2.32. The van der Waals surface area contributed by atoms with Gasteiger partial charge in [-0.25, -0.2) is 13.8 Å². The minimum absolute atomic E-state index is 0.0990. The van der Waals surface area contributed by atoms with Crippen molar-refractivity contribution >= 4 is 33.2 Å². The number of benzene rings is 1. The second-order valence-corrected chi connectivity index (χ2v) is 6.73. The molecule has 1 aromatic carbocycles. The van der Waals surface area contributed by atoms with E-state index < -0.39 is 10.0 Å². The van der Waals surface area contributed by atoms with Gasteiger partial charge in [-0.2, -0.15) is 0 Å². The Balaban J connectivity index is 2.87. The molecule has 1 N–H and O–H groups in total. The van der Waals surface area contributed by atoms with Gasteiger partial charge >= 0.3 is 0 Å². The summed E-state index contributed by atoms with van der Waals surface area (Å²) in [6.45, 7) is 3.67. The van der Waals surface area contributed by atoms with E-state index >= 15 is 0 Å². The molecule has 0 bridgehead atoms. The van der Waals surface area contributed by atoms with Crippen LogP contribution in [0.4, 0.5) is 0 Å². The Kier molecular flexibility index (Phi) is 3.16. The molecule has 2 rings (SSSR count). The van der Waals surface area contributed by atoms with E-state index in [0.29, 0.717) is 5.56 Å². The molecule has 4 nitrogen and oxygen atoms in total. The molecule has 94 valence electrons. The normalized spacial score (nSPS) is 23.5. The lowest BCUT2D eigenvalue weighted by Crippen LogP contribution is -2.45. The second kappa shape index (κ2) is 4.10. The lowest BCUT2D eigenvalue weighted by atomic mass is 10.1. The van der Waals surface area contributed by atoms with Crippen LogP contribution in [-0.4, -0.2) is 19.9 Å². The van der Waals surface area contributed by atoms with Crippen molar-refractivity contribution in [1.29, 1.82) is 0 Å². The summed E-state index contributed by atoms with van der Waals surface area (Å²) in [4.78, 5) is 0.100. The van der Waals surface area contributed by atoms with Crippen LogP contribution in [0.5, 0.6) is 0 Å². The van der Waals surface area contributed by atoms with Crippen LogP contribution in [0.25, 0.3) is 0 Å². The molecule has 17 heavy (non-hydrogen) atoms. The van der Waals surface area contributed by atoms with Crippen molar-refractivity contribution in [2.45, 2.75) is 24.8 Å². The van der Waals surface area contributed by atoms with Crippen molar-refractivity contribution < 1.29 is 8.42 Å². The van der Waals surface area contributed by atoms with E-state index in [9.17, 15) is 8.42 Å². The molecule has 1 aliphatic rings. The predicted molar refractivity (Wildman–Crippen MR) is 67.7 cm³/mol. The quantitative estimate of drug-likeness (QED) is 0.800. The van der Waals surface area contributed by atoms with Crippen molar-refractivity contribution in [3.63, 3.8) is 0 Å². The third kappa shape index (κ3) is 1.86. The Morgan fingerprint density at radius 2 is 1.94 bits per heavy atom.